The highest BCUT2D eigenvalue weighted by Gasteiger charge is 2.09. The molecule has 5 heteroatoms. The summed E-state index contributed by atoms with van der Waals surface area (Å²) < 4.78 is 7.01. The Bertz CT molecular complexity index is 899. The molecule has 0 spiro atoms. The van der Waals surface area contributed by atoms with Gasteiger partial charge in [0.15, 0.2) is 0 Å². The second-order valence-corrected chi connectivity index (χ2v) is 6.03. The Balaban J connectivity index is 1.68. The van der Waals surface area contributed by atoms with Crippen molar-refractivity contribution in [1.29, 1.82) is 0 Å². The normalized spacial score (nSPS) is 10.5. The summed E-state index contributed by atoms with van der Waals surface area (Å²) in [6.07, 6.45) is 3.47. The number of rotatable bonds is 5. The van der Waals surface area contributed by atoms with Crippen molar-refractivity contribution in [2.75, 3.05) is 12.4 Å². The molecule has 0 aliphatic carbocycles. The molecule has 1 N–H and O–H groups in total. The van der Waals surface area contributed by atoms with Gasteiger partial charge in [-0.1, -0.05) is 18.2 Å². The minimum Gasteiger partial charge on any atom is -0.497 e. The molecule has 0 unspecified atom stereocenters. The molecule has 1 aromatic heterocycles. The summed E-state index contributed by atoms with van der Waals surface area (Å²) in [6.45, 7) is 4.63. The van der Waals surface area contributed by atoms with E-state index in [-0.39, 0.29) is 5.91 Å². The van der Waals surface area contributed by atoms with E-state index in [4.69, 9.17) is 4.74 Å². The van der Waals surface area contributed by atoms with E-state index < -0.39 is 0 Å². The van der Waals surface area contributed by atoms with Gasteiger partial charge in [-0.15, -0.1) is 0 Å². The molecule has 0 aliphatic rings. The molecule has 0 aliphatic heterocycles. The number of methoxy groups -OCH3 is 1. The third kappa shape index (κ3) is 4.07. The number of nitrogens with one attached hydrogen (secondary N) is 1. The van der Waals surface area contributed by atoms with Crippen molar-refractivity contribution < 1.29 is 9.53 Å². The predicted octanol–water partition coefficient (Wildman–Crippen LogP) is 3.81. The van der Waals surface area contributed by atoms with Gasteiger partial charge in [-0.2, -0.15) is 5.10 Å². The van der Waals surface area contributed by atoms with Gasteiger partial charge in [-0.25, -0.2) is 0 Å². The number of benzene rings is 2. The van der Waals surface area contributed by atoms with E-state index in [1.165, 1.54) is 5.56 Å². The molecule has 0 saturated carbocycles. The van der Waals surface area contributed by atoms with Crippen molar-refractivity contribution >= 4 is 11.6 Å². The largest absolute Gasteiger partial charge is 0.497 e. The van der Waals surface area contributed by atoms with Gasteiger partial charge in [0, 0.05) is 11.8 Å². The van der Waals surface area contributed by atoms with Crippen molar-refractivity contribution in [3.63, 3.8) is 0 Å². The molecule has 0 bridgehead atoms. The summed E-state index contributed by atoms with van der Waals surface area (Å²) in [4.78, 5) is 12.4. The Morgan fingerprint density at radius 1 is 1.16 bits per heavy atom. The molecule has 1 heterocycles. The molecule has 128 valence electrons. The molecule has 5 nitrogen and oxygen atoms in total. The fourth-order valence-corrected chi connectivity index (χ4v) is 2.56. The van der Waals surface area contributed by atoms with Gasteiger partial charge in [0.05, 0.1) is 25.5 Å². The Hall–Kier alpha value is -3.08. The third-order valence-electron chi connectivity index (χ3n) is 4.14. The van der Waals surface area contributed by atoms with Crippen molar-refractivity contribution in [3.05, 3.63) is 77.1 Å². The minimum atomic E-state index is -0.135. The third-order valence-corrected chi connectivity index (χ3v) is 4.14. The monoisotopic (exact) mass is 335 g/mol. The fraction of sp³-hybridized carbons (Fsp3) is 0.200. The first-order valence-electron chi connectivity index (χ1n) is 8.09. The Labute approximate surface area is 147 Å². The molecule has 2 aromatic carbocycles. The van der Waals surface area contributed by atoms with E-state index in [9.17, 15) is 4.79 Å². The van der Waals surface area contributed by atoms with Gasteiger partial charge in [-0.3, -0.25) is 9.48 Å². The van der Waals surface area contributed by atoms with Crippen LogP contribution >= 0.6 is 0 Å². The topological polar surface area (TPSA) is 56.1 Å². The standard InChI is InChI=1S/C20H21N3O2/c1-14-7-8-17(9-15(14)2)20(24)22-18-11-21-23(13-18)12-16-5-4-6-19(10-16)25-3/h4-11,13H,12H2,1-3H3,(H,22,24). The van der Waals surface area contributed by atoms with E-state index in [0.717, 1.165) is 16.9 Å². The van der Waals surface area contributed by atoms with E-state index in [0.29, 0.717) is 17.8 Å². The second kappa shape index (κ2) is 7.21. The van der Waals surface area contributed by atoms with Crippen LogP contribution in [0.4, 0.5) is 5.69 Å². The highest BCUT2D eigenvalue weighted by Crippen LogP contribution is 2.15. The van der Waals surface area contributed by atoms with Crippen molar-refractivity contribution in [1.82, 2.24) is 9.78 Å². The van der Waals surface area contributed by atoms with Gasteiger partial charge < -0.3 is 10.1 Å². The van der Waals surface area contributed by atoms with Crippen molar-refractivity contribution in [3.8, 4) is 5.75 Å². The van der Waals surface area contributed by atoms with Crippen LogP contribution < -0.4 is 10.1 Å². The van der Waals surface area contributed by atoms with Crippen LogP contribution in [0.5, 0.6) is 5.75 Å². The van der Waals surface area contributed by atoms with E-state index in [1.54, 1.807) is 18.0 Å². The molecule has 0 radical (unpaired) electrons. The molecular weight excluding hydrogens is 314 g/mol. The van der Waals surface area contributed by atoms with E-state index >= 15 is 0 Å². The van der Waals surface area contributed by atoms with Crippen molar-refractivity contribution in [2.24, 2.45) is 0 Å². The summed E-state index contributed by atoms with van der Waals surface area (Å²) in [5.74, 6) is 0.678. The summed E-state index contributed by atoms with van der Waals surface area (Å²) in [5.41, 5.74) is 4.66. The highest BCUT2D eigenvalue weighted by molar-refractivity contribution is 6.04. The number of amides is 1. The number of carbonyl (C=O) groups is 1. The number of aromatic nitrogens is 2. The van der Waals surface area contributed by atoms with Crippen molar-refractivity contribution in [2.45, 2.75) is 20.4 Å². The average Bonchev–Trinajstić information content (AvgIpc) is 3.04. The Morgan fingerprint density at radius 2 is 2.00 bits per heavy atom. The number of hydrogen-bond acceptors (Lipinski definition) is 3. The number of anilines is 1. The first kappa shape index (κ1) is 16.8. The maximum absolute atomic E-state index is 12.4. The van der Waals surface area contributed by atoms with Crippen LogP contribution in [0.1, 0.15) is 27.0 Å². The lowest BCUT2D eigenvalue weighted by Gasteiger charge is -2.06. The van der Waals surface area contributed by atoms with Gasteiger partial charge in [0.1, 0.15) is 5.75 Å². The molecule has 1 amide bonds. The zero-order valence-electron chi connectivity index (χ0n) is 14.6. The fourth-order valence-electron chi connectivity index (χ4n) is 2.56. The quantitative estimate of drug-likeness (QED) is 0.771. The lowest BCUT2D eigenvalue weighted by atomic mass is 10.1. The van der Waals surface area contributed by atoms with Crippen LogP contribution in [0.2, 0.25) is 0 Å². The van der Waals surface area contributed by atoms with Gasteiger partial charge in [-0.05, 0) is 54.8 Å². The van der Waals surface area contributed by atoms with Crippen LogP contribution in [0.3, 0.4) is 0 Å². The summed E-state index contributed by atoms with van der Waals surface area (Å²) >= 11 is 0. The van der Waals surface area contributed by atoms with Crippen LogP contribution in [0, 0.1) is 13.8 Å². The molecular formula is C20H21N3O2. The maximum atomic E-state index is 12.4. The first-order chi connectivity index (χ1) is 12.0. The molecule has 0 fully saturated rings. The van der Waals surface area contributed by atoms with E-state index in [2.05, 4.69) is 10.4 Å². The van der Waals surface area contributed by atoms with Crippen LogP contribution in [0.25, 0.3) is 0 Å². The zero-order chi connectivity index (χ0) is 17.8. The number of nitrogens with zero attached hydrogens (tertiary/aromatic N) is 2. The smallest absolute Gasteiger partial charge is 0.255 e. The molecule has 0 atom stereocenters. The average molecular weight is 335 g/mol. The van der Waals surface area contributed by atoms with E-state index in [1.807, 2.05) is 62.5 Å². The first-order valence-corrected chi connectivity index (χ1v) is 8.09. The molecule has 0 saturated heterocycles. The molecule has 3 rings (SSSR count). The van der Waals surface area contributed by atoms with Crippen LogP contribution in [-0.2, 0) is 6.54 Å². The molecule has 25 heavy (non-hydrogen) atoms. The number of ether oxygens (including phenoxy) is 1. The summed E-state index contributed by atoms with van der Waals surface area (Å²) in [5, 5.41) is 7.19. The highest BCUT2D eigenvalue weighted by atomic mass is 16.5. The van der Waals surface area contributed by atoms with Gasteiger partial charge in [0.25, 0.3) is 5.91 Å². The Morgan fingerprint density at radius 3 is 2.76 bits per heavy atom. The predicted molar refractivity (Wildman–Crippen MR) is 98.2 cm³/mol. The lowest BCUT2D eigenvalue weighted by Crippen LogP contribution is -2.11. The molecule has 3 aromatic rings. The van der Waals surface area contributed by atoms with Crippen LogP contribution in [0.15, 0.2) is 54.9 Å². The Kier molecular flexibility index (Phi) is 4.84. The number of hydrogen-bond donors (Lipinski definition) is 1. The van der Waals surface area contributed by atoms with Gasteiger partial charge >= 0.3 is 0 Å². The zero-order valence-corrected chi connectivity index (χ0v) is 14.6. The van der Waals surface area contributed by atoms with Crippen LogP contribution in [-0.4, -0.2) is 22.8 Å². The SMILES string of the molecule is COc1cccc(Cn2cc(NC(=O)c3ccc(C)c(C)c3)cn2)c1. The second-order valence-electron chi connectivity index (χ2n) is 6.03. The maximum Gasteiger partial charge on any atom is 0.255 e. The summed E-state index contributed by atoms with van der Waals surface area (Å²) in [6, 6.07) is 13.5. The lowest BCUT2D eigenvalue weighted by molar-refractivity contribution is 0.102. The minimum absolute atomic E-state index is 0.135. The number of carbonyl (C=O) groups excluding carboxylic acids is 1. The number of aryl methyl sites for hydroxylation is 2. The summed E-state index contributed by atoms with van der Waals surface area (Å²) in [7, 11) is 1.65. The van der Waals surface area contributed by atoms with Gasteiger partial charge in [0.2, 0.25) is 0 Å².